The van der Waals surface area contributed by atoms with E-state index in [0.717, 1.165) is 18.2 Å². The Morgan fingerprint density at radius 2 is 1.95 bits per heavy atom. The van der Waals surface area contributed by atoms with Crippen LogP contribution in [0.15, 0.2) is 47.4 Å². The van der Waals surface area contributed by atoms with Crippen LogP contribution >= 0.6 is 0 Å². The molecule has 0 aromatic heterocycles. The molecule has 0 saturated carbocycles. The first-order valence-corrected chi connectivity index (χ1v) is 7.42. The number of nitrogens with zero attached hydrogens (tertiary/aromatic N) is 1. The monoisotopic (exact) mass is 326 g/mol. The Morgan fingerprint density at radius 3 is 2.59 bits per heavy atom. The first-order chi connectivity index (χ1) is 10.3. The normalized spacial score (nSPS) is 11.0. The summed E-state index contributed by atoms with van der Waals surface area (Å²) in [5, 5.41) is 10.7. The summed E-state index contributed by atoms with van der Waals surface area (Å²) in [5.74, 6) is -0.534. The predicted molar refractivity (Wildman–Crippen MR) is 76.9 cm³/mol. The summed E-state index contributed by atoms with van der Waals surface area (Å²) in [6.45, 7) is 0. The molecule has 0 aliphatic rings. The largest absolute Gasteiger partial charge is 0.495 e. The van der Waals surface area contributed by atoms with Crippen molar-refractivity contribution in [2.75, 3.05) is 11.8 Å². The van der Waals surface area contributed by atoms with Crippen LogP contribution in [-0.2, 0) is 10.0 Å². The molecule has 7 nitrogen and oxygen atoms in total. The van der Waals surface area contributed by atoms with Crippen molar-refractivity contribution >= 4 is 21.4 Å². The zero-order chi connectivity index (χ0) is 16.3. The third kappa shape index (κ3) is 3.31. The molecule has 2 aromatic rings. The van der Waals surface area contributed by atoms with Crippen LogP contribution in [0.2, 0.25) is 0 Å². The lowest BCUT2D eigenvalue weighted by Crippen LogP contribution is -2.14. The summed E-state index contributed by atoms with van der Waals surface area (Å²) < 4.78 is 44.8. The van der Waals surface area contributed by atoms with Gasteiger partial charge in [0.15, 0.2) is 0 Å². The van der Waals surface area contributed by atoms with Gasteiger partial charge in [-0.3, -0.25) is 14.8 Å². The number of nitro groups is 1. The molecule has 22 heavy (non-hydrogen) atoms. The molecule has 0 bridgehead atoms. The average molecular weight is 326 g/mol. The molecule has 0 radical (unpaired) electrons. The Labute approximate surface area is 125 Å². The van der Waals surface area contributed by atoms with E-state index in [4.69, 9.17) is 4.74 Å². The number of ether oxygens (including phenoxy) is 1. The van der Waals surface area contributed by atoms with Gasteiger partial charge in [-0.2, -0.15) is 0 Å². The summed E-state index contributed by atoms with van der Waals surface area (Å²) in [6, 6.07) is 7.85. The second kappa shape index (κ2) is 5.98. The van der Waals surface area contributed by atoms with Crippen molar-refractivity contribution in [3.63, 3.8) is 0 Å². The van der Waals surface area contributed by atoms with E-state index < -0.39 is 20.8 Å². The van der Waals surface area contributed by atoms with Crippen molar-refractivity contribution in [3.05, 3.63) is 58.4 Å². The zero-order valence-electron chi connectivity index (χ0n) is 11.3. The molecule has 0 saturated heterocycles. The Morgan fingerprint density at radius 1 is 1.23 bits per heavy atom. The Bertz CT molecular complexity index is 823. The lowest BCUT2D eigenvalue weighted by atomic mass is 10.3. The molecular weight excluding hydrogens is 315 g/mol. The molecular formula is C13H11FN2O5S. The van der Waals surface area contributed by atoms with E-state index in [9.17, 15) is 22.9 Å². The summed E-state index contributed by atoms with van der Waals surface area (Å²) in [7, 11) is -2.82. The smallest absolute Gasteiger partial charge is 0.270 e. The lowest BCUT2D eigenvalue weighted by molar-refractivity contribution is -0.385. The van der Waals surface area contributed by atoms with E-state index in [0.29, 0.717) is 0 Å². The highest BCUT2D eigenvalue weighted by atomic mass is 32.2. The van der Waals surface area contributed by atoms with Gasteiger partial charge in [-0.05, 0) is 18.2 Å². The van der Waals surface area contributed by atoms with Gasteiger partial charge in [0.2, 0.25) is 0 Å². The number of nitro benzene ring substituents is 1. The van der Waals surface area contributed by atoms with Crippen LogP contribution in [0.25, 0.3) is 0 Å². The van der Waals surface area contributed by atoms with Crippen molar-refractivity contribution < 1.29 is 22.5 Å². The predicted octanol–water partition coefficient (Wildman–Crippen LogP) is 2.54. The van der Waals surface area contributed by atoms with Gasteiger partial charge in [-0.15, -0.1) is 0 Å². The SMILES string of the molecule is COc1ccc(F)cc1NS(=O)(=O)c1cccc([N+](=O)[O-])c1. The molecule has 2 rings (SSSR count). The molecule has 0 spiro atoms. The van der Waals surface area contributed by atoms with Crippen molar-refractivity contribution in [1.82, 2.24) is 0 Å². The number of hydrogen-bond acceptors (Lipinski definition) is 5. The number of benzene rings is 2. The number of sulfonamides is 1. The van der Waals surface area contributed by atoms with Gasteiger partial charge in [0.1, 0.15) is 11.6 Å². The summed E-state index contributed by atoms with van der Waals surface area (Å²) in [4.78, 5) is 9.69. The number of hydrogen-bond donors (Lipinski definition) is 1. The lowest BCUT2D eigenvalue weighted by Gasteiger charge is -2.11. The maximum absolute atomic E-state index is 13.3. The maximum Gasteiger partial charge on any atom is 0.270 e. The molecule has 116 valence electrons. The topological polar surface area (TPSA) is 98.5 Å². The van der Waals surface area contributed by atoms with Gasteiger partial charge >= 0.3 is 0 Å². The van der Waals surface area contributed by atoms with Crippen molar-refractivity contribution in [2.45, 2.75) is 4.90 Å². The second-order valence-corrected chi connectivity index (χ2v) is 5.89. The van der Waals surface area contributed by atoms with Crippen LogP contribution in [0.1, 0.15) is 0 Å². The minimum Gasteiger partial charge on any atom is -0.495 e. The van der Waals surface area contributed by atoms with Crippen molar-refractivity contribution in [1.29, 1.82) is 0 Å². The van der Waals surface area contributed by atoms with Gasteiger partial charge in [-0.25, -0.2) is 12.8 Å². The fourth-order valence-electron chi connectivity index (χ4n) is 1.73. The maximum atomic E-state index is 13.3. The molecule has 0 fully saturated rings. The van der Waals surface area contributed by atoms with E-state index in [1.807, 2.05) is 0 Å². The van der Waals surface area contributed by atoms with Crippen LogP contribution in [0, 0.1) is 15.9 Å². The average Bonchev–Trinajstić information content (AvgIpc) is 2.47. The van der Waals surface area contributed by atoms with Gasteiger partial charge in [-0.1, -0.05) is 6.07 Å². The van der Waals surface area contributed by atoms with Crippen LogP contribution in [0.3, 0.4) is 0 Å². The van der Waals surface area contributed by atoms with Crippen LogP contribution in [-0.4, -0.2) is 20.5 Å². The molecule has 1 N–H and O–H groups in total. The highest BCUT2D eigenvalue weighted by Crippen LogP contribution is 2.28. The highest BCUT2D eigenvalue weighted by Gasteiger charge is 2.19. The number of halogens is 1. The summed E-state index contributed by atoms with van der Waals surface area (Å²) >= 11 is 0. The zero-order valence-corrected chi connectivity index (χ0v) is 12.1. The first kappa shape index (κ1) is 15.7. The van der Waals surface area contributed by atoms with E-state index in [-0.39, 0.29) is 22.0 Å². The highest BCUT2D eigenvalue weighted by molar-refractivity contribution is 7.92. The standard InChI is InChI=1S/C13H11FN2O5S/c1-21-13-6-5-9(14)7-12(13)15-22(19,20)11-4-2-3-10(8-11)16(17)18/h2-8,15H,1H3. The number of rotatable bonds is 5. The van der Waals surface area contributed by atoms with Crippen molar-refractivity contribution in [2.24, 2.45) is 0 Å². The Kier molecular flexibility index (Phi) is 4.27. The fourth-order valence-corrected chi connectivity index (χ4v) is 2.83. The third-order valence-corrected chi connectivity index (χ3v) is 4.11. The molecule has 9 heteroatoms. The minimum atomic E-state index is -4.12. The van der Waals surface area contributed by atoms with Crippen LogP contribution < -0.4 is 9.46 Å². The number of methoxy groups -OCH3 is 1. The first-order valence-electron chi connectivity index (χ1n) is 5.94. The molecule has 0 aliphatic carbocycles. The third-order valence-electron chi connectivity index (χ3n) is 2.74. The molecule has 0 amide bonds. The van der Waals surface area contributed by atoms with Gasteiger partial charge in [0.05, 0.1) is 22.6 Å². The van der Waals surface area contributed by atoms with Crippen LogP contribution in [0.4, 0.5) is 15.8 Å². The second-order valence-electron chi connectivity index (χ2n) is 4.20. The number of non-ortho nitro benzene ring substituents is 1. The number of nitrogens with one attached hydrogen (secondary N) is 1. The fraction of sp³-hybridized carbons (Fsp3) is 0.0769. The Hall–Kier alpha value is -2.68. The van der Waals surface area contributed by atoms with Crippen molar-refractivity contribution in [3.8, 4) is 5.75 Å². The quantitative estimate of drug-likeness (QED) is 0.672. The van der Waals surface area contributed by atoms with E-state index in [1.165, 1.54) is 31.4 Å². The van der Waals surface area contributed by atoms with E-state index >= 15 is 0 Å². The van der Waals surface area contributed by atoms with Gasteiger partial charge in [0, 0.05) is 18.2 Å². The summed E-state index contributed by atoms with van der Waals surface area (Å²) in [5.41, 5.74) is -0.469. The Balaban J connectivity index is 2.42. The van der Waals surface area contributed by atoms with Crippen LogP contribution in [0.5, 0.6) is 5.75 Å². The summed E-state index contributed by atoms with van der Waals surface area (Å²) in [6.07, 6.45) is 0. The van der Waals surface area contributed by atoms with E-state index in [2.05, 4.69) is 4.72 Å². The molecule has 0 unspecified atom stereocenters. The molecule has 0 atom stereocenters. The number of anilines is 1. The van der Waals surface area contributed by atoms with E-state index in [1.54, 1.807) is 0 Å². The molecule has 2 aromatic carbocycles. The molecule has 0 aliphatic heterocycles. The molecule has 0 heterocycles. The minimum absolute atomic E-state index is 0.103. The van der Waals surface area contributed by atoms with Gasteiger partial charge < -0.3 is 4.74 Å². The van der Waals surface area contributed by atoms with Gasteiger partial charge in [0.25, 0.3) is 15.7 Å².